The second-order valence-corrected chi connectivity index (χ2v) is 5.09. The van der Waals surface area contributed by atoms with E-state index in [0.29, 0.717) is 12.5 Å². The van der Waals surface area contributed by atoms with Crippen molar-refractivity contribution in [1.29, 1.82) is 0 Å². The van der Waals surface area contributed by atoms with Crippen molar-refractivity contribution in [2.24, 2.45) is 11.7 Å². The second kappa shape index (κ2) is 7.00. The third-order valence-corrected chi connectivity index (χ3v) is 3.07. The van der Waals surface area contributed by atoms with Crippen LogP contribution in [0.25, 0.3) is 0 Å². The lowest BCUT2D eigenvalue weighted by atomic mass is 9.94. The Balaban J connectivity index is 2.62. The Hall–Kier alpha value is -0.570. The highest BCUT2D eigenvalue weighted by atomic mass is 35.5. The first-order chi connectivity index (χ1) is 8.04. The fourth-order valence-corrected chi connectivity index (χ4v) is 2.14. The maximum atomic E-state index is 6.22. The van der Waals surface area contributed by atoms with E-state index in [1.54, 1.807) is 0 Å². The maximum absolute atomic E-state index is 6.22. The topological polar surface area (TPSA) is 35.2 Å². The lowest BCUT2D eigenvalue weighted by Gasteiger charge is -2.27. The van der Waals surface area contributed by atoms with E-state index in [2.05, 4.69) is 13.8 Å². The molecule has 1 aromatic carbocycles. The standard InChI is InChI=1S/C14H22ClNO/c1-4-17-14(10(2)3)13(16)9-11-5-7-12(15)8-6-11/h5-8,10,13-14H,4,9,16H2,1-3H3. The van der Waals surface area contributed by atoms with Crippen molar-refractivity contribution >= 4 is 11.6 Å². The lowest BCUT2D eigenvalue weighted by molar-refractivity contribution is 0.0128. The Morgan fingerprint density at radius 3 is 2.29 bits per heavy atom. The van der Waals surface area contributed by atoms with Gasteiger partial charge in [-0.3, -0.25) is 0 Å². The van der Waals surface area contributed by atoms with E-state index in [1.165, 1.54) is 5.56 Å². The second-order valence-electron chi connectivity index (χ2n) is 4.66. The predicted molar refractivity (Wildman–Crippen MR) is 73.4 cm³/mol. The number of nitrogens with two attached hydrogens (primary N) is 1. The third-order valence-electron chi connectivity index (χ3n) is 2.82. The van der Waals surface area contributed by atoms with Crippen LogP contribution in [0.5, 0.6) is 0 Å². The van der Waals surface area contributed by atoms with E-state index < -0.39 is 0 Å². The third kappa shape index (κ3) is 4.66. The zero-order valence-corrected chi connectivity index (χ0v) is 11.6. The highest BCUT2D eigenvalue weighted by Gasteiger charge is 2.21. The fourth-order valence-electron chi connectivity index (χ4n) is 2.01. The molecular formula is C14H22ClNO. The van der Waals surface area contributed by atoms with E-state index in [1.807, 2.05) is 31.2 Å². The van der Waals surface area contributed by atoms with Crippen molar-refractivity contribution in [2.45, 2.75) is 39.3 Å². The molecule has 0 saturated heterocycles. The molecule has 0 aliphatic heterocycles. The summed E-state index contributed by atoms with van der Waals surface area (Å²) >= 11 is 5.86. The molecule has 96 valence electrons. The predicted octanol–water partition coefficient (Wildman–Crippen LogP) is 3.27. The first kappa shape index (κ1) is 14.5. The van der Waals surface area contributed by atoms with Crippen LogP contribution in [-0.4, -0.2) is 18.8 Å². The van der Waals surface area contributed by atoms with Gasteiger partial charge in [0.1, 0.15) is 0 Å². The summed E-state index contributed by atoms with van der Waals surface area (Å²) in [4.78, 5) is 0. The van der Waals surface area contributed by atoms with Crippen LogP contribution in [0.1, 0.15) is 26.3 Å². The zero-order valence-electron chi connectivity index (χ0n) is 10.8. The number of rotatable bonds is 6. The molecule has 3 heteroatoms. The molecule has 0 aliphatic rings. The van der Waals surface area contributed by atoms with Gasteiger partial charge in [-0.05, 0) is 37.0 Å². The number of hydrogen-bond acceptors (Lipinski definition) is 2. The minimum atomic E-state index is 0.0242. The average molecular weight is 256 g/mol. The van der Waals surface area contributed by atoms with Crippen LogP contribution in [0.4, 0.5) is 0 Å². The Morgan fingerprint density at radius 1 is 1.24 bits per heavy atom. The average Bonchev–Trinajstić information content (AvgIpc) is 2.28. The first-order valence-corrected chi connectivity index (χ1v) is 6.54. The van der Waals surface area contributed by atoms with Gasteiger partial charge in [-0.25, -0.2) is 0 Å². The summed E-state index contributed by atoms with van der Waals surface area (Å²) < 4.78 is 5.71. The highest BCUT2D eigenvalue weighted by molar-refractivity contribution is 6.30. The summed E-state index contributed by atoms with van der Waals surface area (Å²) in [5, 5.41) is 0.757. The molecule has 0 heterocycles. The SMILES string of the molecule is CCOC(C(C)C)C(N)Cc1ccc(Cl)cc1. The van der Waals surface area contributed by atoms with Crippen molar-refractivity contribution in [1.82, 2.24) is 0 Å². The van der Waals surface area contributed by atoms with Crippen molar-refractivity contribution in [3.8, 4) is 0 Å². The van der Waals surface area contributed by atoms with Crippen LogP contribution in [-0.2, 0) is 11.2 Å². The number of hydrogen-bond donors (Lipinski definition) is 1. The van der Waals surface area contributed by atoms with Gasteiger partial charge in [0.25, 0.3) is 0 Å². The number of ether oxygens (including phenoxy) is 1. The van der Waals surface area contributed by atoms with E-state index in [0.717, 1.165) is 11.4 Å². The van der Waals surface area contributed by atoms with E-state index in [9.17, 15) is 0 Å². The molecule has 2 N–H and O–H groups in total. The molecule has 0 radical (unpaired) electrons. The largest absolute Gasteiger partial charge is 0.377 e. The van der Waals surface area contributed by atoms with Crippen molar-refractivity contribution in [3.63, 3.8) is 0 Å². The van der Waals surface area contributed by atoms with Crippen molar-refractivity contribution in [3.05, 3.63) is 34.9 Å². The van der Waals surface area contributed by atoms with Gasteiger partial charge in [0.05, 0.1) is 6.10 Å². The quantitative estimate of drug-likeness (QED) is 0.847. The molecule has 1 aromatic rings. The summed E-state index contributed by atoms with van der Waals surface area (Å²) in [6.07, 6.45) is 0.927. The van der Waals surface area contributed by atoms with E-state index in [4.69, 9.17) is 22.1 Å². The van der Waals surface area contributed by atoms with Gasteiger partial charge in [0.15, 0.2) is 0 Å². The minimum Gasteiger partial charge on any atom is -0.377 e. The zero-order chi connectivity index (χ0) is 12.8. The van der Waals surface area contributed by atoms with Crippen molar-refractivity contribution in [2.75, 3.05) is 6.61 Å². The maximum Gasteiger partial charge on any atom is 0.0751 e. The monoisotopic (exact) mass is 255 g/mol. The molecule has 1 rings (SSSR count). The Labute approximate surface area is 109 Å². The first-order valence-electron chi connectivity index (χ1n) is 6.16. The Bertz CT molecular complexity index is 323. The van der Waals surface area contributed by atoms with Gasteiger partial charge < -0.3 is 10.5 Å². The van der Waals surface area contributed by atoms with Crippen LogP contribution >= 0.6 is 11.6 Å². The van der Waals surface area contributed by atoms with E-state index >= 15 is 0 Å². The summed E-state index contributed by atoms with van der Waals surface area (Å²) in [5.41, 5.74) is 7.42. The molecular weight excluding hydrogens is 234 g/mol. The molecule has 0 bridgehead atoms. The van der Waals surface area contributed by atoms with Gasteiger partial charge in [-0.15, -0.1) is 0 Å². The van der Waals surface area contributed by atoms with Gasteiger partial charge in [0.2, 0.25) is 0 Å². The van der Waals surface area contributed by atoms with Gasteiger partial charge in [0, 0.05) is 17.7 Å². The Morgan fingerprint density at radius 2 is 1.82 bits per heavy atom. The summed E-state index contributed by atoms with van der Waals surface area (Å²) in [6.45, 7) is 6.99. The Kier molecular flexibility index (Phi) is 5.96. The van der Waals surface area contributed by atoms with Crippen LogP contribution in [0.2, 0.25) is 5.02 Å². The molecule has 0 spiro atoms. The van der Waals surface area contributed by atoms with Crippen LogP contribution < -0.4 is 5.73 Å². The summed E-state index contributed by atoms with van der Waals surface area (Å²) in [5.74, 6) is 0.428. The smallest absolute Gasteiger partial charge is 0.0751 e. The molecule has 2 nitrogen and oxygen atoms in total. The molecule has 0 fully saturated rings. The van der Waals surface area contributed by atoms with Crippen LogP contribution in [0, 0.1) is 5.92 Å². The molecule has 0 aromatic heterocycles. The summed E-state index contributed by atoms with van der Waals surface area (Å²) in [6, 6.07) is 7.86. The summed E-state index contributed by atoms with van der Waals surface area (Å²) in [7, 11) is 0. The van der Waals surface area contributed by atoms with Crippen LogP contribution in [0.3, 0.4) is 0 Å². The van der Waals surface area contributed by atoms with Crippen molar-refractivity contribution < 1.29 is 4.74 Å². The molecule has 0 amide bonds. The molecule has 0 aliphatic carbocycles. The number of halogens is 1. The highest BCUT2D eigenvalue weighted by Crippen LogP contribution is 2.16. The fraction of sp³-hybridized carbons (Fsp3) is 0.571. The minimum absolute atomic E-state index is 0.0242. The van der Waals surface area contributed by atoms with Gasteiger partial charge >= 0.3 is 0 Å². The molecule has 2 unspecified atom stereocenters. The molecule has 0 saturated carbocycles. The molecule has 2 atom stereocenters. The lowest BCUT2D eigenvalue weighted by Crippen LogP contribution is -2.42. The molecule has 17 heavy (non-hydrogen) atoms. The van der Waals surface area contributed by atoms with E-state index in [-0.39, 0.29) is 12.1 Å². The van der Waals surface area contributed by atoms with Crippen LogP contribution in [0.15, 0.2) is 24.3 Å². The van der Waals surface area contributed by atoms with Gasteiger partial charge in [-0.2, -0.15) is 0 Å². The number of benzene rings is 1. The normalized spacial score (nSPS) is 14.9. The van der Waals surface area contributed by atoms with Gasteiger partial charge in [-0.1, -0.05) is 37.6 Å².